The summed E-state index contributed by atoms with van der Waals surface area (Å²) in [6, 6.07) is 7.05. The van der Waals surface area contributed by atoms with Crippen molar-refractivity contribution in [3.63, 3.8) is 0 Å². The monoisotopic (exact) mass is 318 g/mol. The number of nitriles is 3. The van der Waals surface area contributed by atoms with Crippen molar-refractivity contribution < 1.29 is 4.92 Å². The Balaban J connectivity index is 3.28. The second kappa shape index (κ2) is 6.10. The minimum atomic E-state index is -0.644. The fourth-order valence-electron chi connectivity index (χ4n) is 1.09. The number of nitrogens with zero attached hydrogens (tertiary/aromatic N) is 5. The molecule has 0 saturated carbocycles. The van der Waals surface area contributed by atoms with Gasteiger partial charge in [-0.2, -0.15) is 20.9 Å². The molecule has 9 heteroatoms. The van der Waals surface area contributed by atoms with Crippen LogP contribution in [0.1, 0.15) is 5.56 Å². The van der Waals surface area contributed by atoms with Gasteiger partial charge in [0.1, 0.15) is 18.2 Å². The van der Waals surface area contributed by atoms with E-state index in [1.165, 1.54) is 18.2 Å². The van der Waals surface area contributed by atoms with E-state index in [-0.39, 0.29) is 21.4 Å². The Labute approximate surface area is 115 Å². The van der Waals surface area contributed by atoms with E-state index in [2.05, 4.69) is 26.5 Å². The predicted octanol–water partition coefficient (Wildman–Crippen LogP) is 2.04. The highest BCUT2D eigenvalue weighted by atomic mass is 79.9. The molecule has 0 aliphatic carbocycles. The highest BCUT2D eigenvalue weighted by molar-refractivity contribution is 9.10. The maximum Gasteiger partial charge on any atom is 0.272 e. The Bertz CT molecular complexity index is 676. The Morgan fingerprint density at radius 2 is 2.00 bits per heavy atom. The van der Waals surface area contributed by atoms with Crippen LogP contribution in [0.3, 0.4) is 0 Å². The van der Waals surface area contributed by atoms with Gasteiger partial charge in [-0.1, -0.05) is 0 Å². The first-order valence-electron chi connectivity index (χ1n) is 4.55. The van der Waals surface area contributed by atoms with Gasteiger partial charge < -0.3 is 0 Å². The number of nitro groups is 1. The van der Waals surface area contributed by atoms with Crippen LogP contribution in [0.15, 0.2) is 21.7 Å². The van der Waals surface area contributed by atoms with Gasteiger partial charge in [-0.05, 0) is 15.9 Å². The molecule has 1 rings (SSSR count). The van der Waals surface area contributed by atoms with Gasteiger partial charge >= 0.3 is 0 Å². The maximum atomic E-state index is 10.6. The molecule has 19 heavy (non-hydrogen) atoms. The number of anilines is 1. The normalized spacial score (nSPS) is 8.53. The zero-order valence-corrected chi connectivity index (χ0v) is 10.7. The SMILES string of the molecule is N#CC(C#N)=NNc1c(Br)cc([N+](=O)[O-])cc1C#N. The van der Waals surface area contributed by atoms with Gasteiger partial charge in [0.15, 0.2) is 0 Å². The minimum Gasteiger partial charge on any atom is -0.274 e. The zero-order chi connectivity index (χ0) is 14.4. The number of halogens is 1. The fourth-order valence-corrected chi connectivity index (χ4v) is 1.62. The summed E-state index contributed by atoms with van der Waals surface area (Å²) in [5.74, 6) is 0. The molecular formula is C10H3BrN6O2. The van der Waals surface area contributed by atoms with Crippen LogP contribution < -0.4 is 5.43 Å². The fraction of sp³-hybridized carbons (Fsp3) is 0. The molecule has 8 nitrogen and oxygen atoms in total. The van der Waals surface area contributed by atoms with Crippen LogP contribution in [0, 0.1) is 44.1 Å². The summed E-state index contributed by atoms with van der Waals surface area (Å²) in [6.45, 7) is 0. The summed E-state index contributed by atoms with van der Waals surface area (Å²) in [6.07, 6.45) is 0. The molecule has 1 aromatic rings. The molecule has 0 amide bonds. The lowest BCUT2D eigenvalue weighted by Crippen LogP contribution is -2.00. The highest BCUT2D eigenvalue weighted by Crippen LogP contribution is 2.31. The average Bonchev–Trinajstić information content (AvgIpc) is 2.40. The van der Waals surface area contributed by atoms with E-state index in [1.807, 2.05) is 0 Å². The molecule has 0 atom stereocenters. The van der Waals surface area contributed by atoms with Crippen molar-refractivity contribution in [2.45, 2.75) is 0 Å². The minimum absolute atomic E-state index is 0.0416. The van der Waals surface area contributed by atoms with Gasteiger partial charge in [-0.15, -0.1) is 0 Å². The van der Waals surface area contributed by atoms with Crippen LogP contribution in [0.5, 0.6) is 0 Å². The van der Waals surface area contributed by atoms with E-state index >= 15 is 0 Å². The lowest BCUT2D eigenvalue weighted by molar-refractivity contribution is -0.384. The van der Waals surface area contributed by atoms with Crippen molar-refractivity contribution in [1.82, 2.24) is 0 Å². The number of benzene rings is 1. The molecule has 0 heterocycles. The second-order valence-electron chi connectivity index (χ2n) is 3.01. The first kappa shape index (κ1) is 14.1. The molecule has 0 spiro atoms. The third-order valence-electron chi connectivity index (χ3n) is 1.90. The molecule has 0 fully saturated rings. The molecule has 0 aliphatic heterocycles. The topological polar surface area (TPSA) is 139 Å². The van der Waals surface area contributed by atoms with E-state index in [0.29, 0.717) is 0 Å². The third kappa shape index (κ3) is 3.25. The molecule has 0 unspecified atom stereocenters. The summed E-state index contributed by atoms with van der Waals surface area (Å²) in [7, 11) is 0. The molecular weight excluding hydrogens is 316 g/mol. The summed E-state index contributed by atoms with van der Waals surface area (Å²) >= 11 is 3.05. The quantitative estimate of drug-likeness (QED) is 0.513. The number of nitrogens with one attached hydrogen (secondary N) is 1. The average molecular weight is 319 g/mol. The summed E-state index contributed by atoms with van der Waals surface area (Å²) in [4.78, 5) is 9.99. The largest absolute Gasteiger partial charge is 0.274 e. The van der Waals surface area contributed by atoms with Gasteiger partial charge in [0.05, 0.1) is 20.6 Å². The maximum absolute atomic E-state index is 10.6. The number of nitro benzene ring substituents is 1. The van der Waals surface area contributed by atoms with Crippen molar-refractivity contribution in [3.05, 3.63) is 32.3 Å². The van der Waals surface area contributed by atoms with E-state index in [9.17, 15) is 10.1 Å². The van der Waals surface area contributed by atoms with Crippen LogP contribution in [0.4, 0.5) is 11.4 Å². The summed E-state index contributed by atoms with van der Waals surface area (Å²) in [5, 5.41) is 40.0. The Hall–Kier alpha value is -2.96. The van der Waals surface area contributed by atoms with E-state index in [4.69, 9.17) is 15.8 Å². The second-order valence-corrected chi connectivity index (χ2v) is 3.87. The van der Waals surface area contributed by atoms with E-state index in [0.717, 1.165) is 6.07 Å². The summed E-state index contributed by atoms with van der Waals surface area (Å²) in [5.41, 5.74) is 1.74. The van der Waals surface area contributed by atoms with Crippen molar-refractivity contribution >= 4 is 33.0 Å². The third-order valence-corrected chi connectivity index (χ3v) is 2.52. The predicted molar refractivity (Wildman–Crippen MR) is 67.8 cm³/mol. The Morgan fingerprint density at radius 1 is 1.37 bits per heavy atom. The number of non-ortho nitro benzene ring substituents is 1. The van der Waals surface area contributed by atoms with Crippen LogP contribution in [-0.2, 0) is 0 Å². The van der Waals surface area contributed by atoms with Crippen LogP contribution in [0.25, 0.3) is 0 Å². The number of rotatable bonds is 3. The molecule has 0 aromatic heterocycles. The Kier molecular flexibility index (Phi) is 4.53. The molecule has 92 valence electrons. The van der Waals surface area contributed by atoms with E-state index in [1.54, 1.807) is 6.07 Å². The molecule has 1 aromatic carbocycles. The number of hydrogen-bond acceptors (Lipinski definition) is 7. The lowest BCUT2D eigenvalue weighted by atomic mass is 10.2. The van der Waals surface area contributed by atoms with Crippen molar-refractivity contribution in [3.8, 4) is 18.2 Å². The smallest absolute Gasteiger partial charge is 0.272 e. The molecule has 0 saturated heterocycles. The standard InChI is InChI=1S/C10H3BrN6O2/c11-9-2-8(17(18)19)1-6(3-12)10(9)16-15-7(4-13)5-14/h1-2,16H. The highest BCUT2D eigenvalue weighted by Gasteiger charge is 2.15. The lowest BCUT2D eigenvalue weighted by Gasteiger charge is -2.05. The molecule has 0 radical (unpaired) electrons. The van der Waals surface area contributed by atoms with Crippen molar-refractivity contribution in [2.75, 3.05) is 5.43 Å². The van der Waals surface area contributed by atoms with Crippen LogP contribution in [0.2, 0.25) is 0 Å². The van der Waals surface area contributed by atoms with Gasteiger partial charge in [0, 0.05) is 12.1 Å². The van der Waals surface area contributed by atoms with Gasteiger partial charge in [0.2, 0.25) is 5.71 Å². The van der Waals surface area contributed by atoms with Crippen LogP contribution >= 0.6 is 15.9 Å². The van der Waals surface area contributed by atoms with Gasteiger partial charge in [0.25, 0.3) is 5.69 Å². The van der Waals surface area contributed by atoms with E-state index < -0.39 is 10.6 Å². The number of hydrazone groups is 1. The number of hydrogen-bond donors (Lipinski definition) is 1. The first-order valence-corrected chi connectivity index (χ1v) is 5.34. The van der Waals surface area contributed by atoms with Gasteiger partial charge in [-0.25, -0.2) is 0 Å². The van der Waals surface area contributed by atoms with Crippen LogP contribution in [-0.4, -0.2) is 10.6 Å². The van der Waals surface area contributed by atoms with Crippen molar-refractivity contribution in [2.24, 2.45) is 5.10 Å². The molecule has 1 N–H and O–H groups in total. The summed E-state index contributed by atoms with van der Waals surface area (Å²) < 4.78 is 0.220. The van der Waals surface area contributed by atoms with Crippen molar-refractivity contribution in [1.29, 1.82) is 15.8 Å². The first-order chi connectivity index (χ1) is 9.03. The van der Waals surface area contributed by atoms with Gasteiger partial charge in [-0.3, -0.25) is 15.5 Å². The zero-order valence-electron chi connectivity index (χ0n) is 9.09. The molecule has 0 bridgehead atoms. The molecule has 0 aliphatic rings. The Morgan fingerprint density at radius 3 is 2.47 bits per heavy atom.